The molecule has 4 aromatic heterocycles. The van der Waals surface area contributed by atoms with Crippen molar-refractivity contribution in [1.82, 2.24) is 54.1 Å². The number of nitrogens with one attached hydrogen (secondary N) is 7. The van der Waals surface area contributed by atoms with Gasteiger partial charge in [-0.05, 0) is 121 Å². The minimum atomic E-state index is -4.59. The van der Waals surface area contributed by atoms with E-state index in [1.165, 1.54) is 60.9 Å². The van der Waals surface area contributed by atoms with Gasteiger partial charge in [0.15, 0.2) is 61.9 Å². The van der Waals surface area contributed by atoms with Gasteiger partial charge in [0.05, 0.1) is 44.3 Å². The summed E-state index contributed by atoms with van der Waals surface area (Å²) in [6, 6.07) is 25.7. The topological polar surface area (TPSA) is 851 Å². The number of rotatable bonds is 30. The number of anilines is 4. The molecule has 130 heavy (non-hydrogen) atoms. The Balaban J connectivity index is 0.000000157. The van der Waals surface area contributed by atoms with E-state index in [0.29, 0.717) is 98.9 Å². The highest BCUT2D eigenvalue weighted by Gasteiger charge is 2.40. The van der Waals surface area contributed by atoms with Crippen LogP contribution >= 0.6 is 0 Å². The number of nitrogens with two attached hydrogens (primary N) is 11. The van der Waals surface area contributed by atoms with Gasteiger partial charge >= 0.3 is 0 Å². The number of benzene rings is 6. The molecule has 9 heterocycles. The molecule has 58 heteroatoms. The maximum absolute atomic E-state index is 13.3. The van der Waals surface area contributed by atoms with Crippen LogP contribution in [0.1, 0.15) is 62.3 Å². The Bertz CT molecular complexity index is 7350. The molecule has 15 rings (SSSR count). The van der Waals surface area contributed by atoms with E-state index in [2.05, 4.69) is 115 Å². The van der Waals surface area contributed by atoms with Crippen LogP contribution < -0.4 is 84.9 Å². The number of para-hydroxylation sites is 2. The lowest BCUT2D eigenvalue weighted by Crippen LogP contribution is -2.40. The molecule has 50 nitrogen and oxygen atoms in total. The lowest BCUT2D eigenvalue weighted by Gasteiger charge is -2.19. The zero-order valence-corrected chi connectivity index (χ0v) is 75.4. The van der Waals surface area contributed by atoms with E-state index < -0.39 is 131 Å². The Kier molecular flexibility index (Phi) is 29.4. The van der Waals surface area contributed by atoms with Crippen LogP contribution in [-0.2, 0) is 80.2 Å². The van der Waals surface area contributed by atoms with Crippen molar-refractivity contribution < 1.29 is 67.3 Å². The van der Waals surface area contributed by atoms with E-state index in [0.717, 1.165) is 12.1 Å². The highest BCUT2D eigenvalue weighted by molar-refractivity contribution is 7.94. The first-order valence-electron chi connectivity index (χ1n) is 38.6. The molecule has 1 fully saturated rings. The second-order valence-corrected chi connectivity index (χ2v) is 41.8. The number of hydrogen-bond donors (Lipinski definition) is 18. The Morgan fingerprint density at radius 3 is 1.12 bits per heavy atom. The molecular weight excluding hydrogens is 1850 g/mol. The molecule has 0 spiro atoms. The summed E-state index contributed by atoms with van der Waals surface area (Å²) in [5, 5.41) is 55.9. The second kappa shape index (κ2) is 39.3. The third kappa shape index (κ3) is 21.8. The highest BCUT2D eigenvalue weighted by Crippen LogP contribution is 2.42. The zero-order chi connectivity index (χ0) is 94.4. The summed E-state index contributed by atoms with van der Waals surface area (Å²) < 4.78 is 217. The van der Waals surface area contributed by atoms with E-state index in [9.17, 15) is 67.3 Å². The SMILES string of the molecule is CCC(CN)NS(=O)(=O)c1ccc(-c2ccc(N)nc2)c(C2=NCN=N2)c1S(N)(=O)=O.CC[C@H](N)CNS(=O)(=O)c1ccc(-c2cccc3[nH]c(N)nc23)c(C2=NCN=N2)c1S(N)(=O)=O.C[C@H](CN)CNS(=O)(=O)c1ccc(-c2ccc(N)nc2)c(C2=NCN=N2)c1S(N)(=O)=O.Nc1nc2c(-c3ccc(S(=O)(=O)NC4CCNC4)c(S(N)(=O)=O)c3C3=NCN=N3)cccc2[nH]1. The van der Waals surface area contributed by atoms with Crippen LogP contribution in [0.3, 0.4) is 0 Å². The first kappa shape index (κ1) is 97.0. The van der Waals surface area contributed by atoms with Crippen molar-refractivity contribution in [3.8, 4) is 44.5 Å². The Morgan fingerprint density at radius 2 is 0.800 bits per heavy atom. The maximum Gasteiger partial charge on any atom is 0.242 e. The molecule has 1 saturated heterocycles. The van der Waals surface area contributed by atoms with Gasteiger partial charge < -0.3 is 55.4 Å². The number of H-pyrrole nitrogens is 2. The van der Waals surface area contributed by atoms with Crippen molar-refractivity contribution in [2.45, 2.75) is 97.3 Å². The number of aromatic amines is 2. The van der Waals surface area contributed by atoms with E-state index in [1.54, 1.807) is 69.3 Å². The van der Waals surface area contributed by atoms with Gasteiger partial charge in [-0.15, -0.1) is 20.5 Å². The van der Waals surface area contributed by atoms with Crippen molar-refractivity contribution in [2.24, 2.45) is 105 Å². The summed E-state index contributed by atoms with van der Waals surface area (Å²) in [6.07, 6.45) is 4.33. The standard InChI is InChI=1S/C19H21N9O4S2.C19H23N9O4S2.2C17H22N8O4S2/c20-19-25-13-3-1-2-12(16(13)26-19)11-4-5-14(34(31,32)28-10-6-7-22-8-10)17(33(21,29)30)15(11)18-23-9-24-27-18;1-2-10(20)8-25-34(31,32)14-7-6-11(12-4-3-5-13-16(12)27-19(21)26-13)15(17(14)33(22,29)30)18-23-9-24-28-18;1-10(6-18)7-24-31(28,29)13-4-3-12(11-2-5-14(19)21-8-11)15(16(13)30(20,26)27)17-22-9-23-25-17;1-2-11(7-18)25-31(28,29)13-5-4-12(10-3-6-14(19)21-8-10)15(16(13)30(20,26)27)17-22-9-23-24-17/h1-5,10,22,28H,6-9H2,(H3,20,25,26)(H2,21,29,30);3-7,10,25H,2,8-9,20H2,1H3,(H3,21,26,27)(H2,22,29,30);2-5,8,10,24H,6-7,9,18H2,1H3,(H2,19,21)(H2,20,26,27);3-6,8,11,25H,2,7,9,18H2,1H3,(H2,19,21)(H2,20,26,27)/t;2*10-;/m.01./s1. The number of hydrogen-bond acceptors (Lipinski definition) is 40. The summed E-state index contributed by atoms with van der Waals surface area (Å²) >= 11 is 0. The smallest absolute Gasteiger partial charge is 0.242 e. The first-order chi connectivity index (χ1) is 61.3. The second-order valence-electron chi connectivity index (χ2n) is 29.0. The summed E-state index contributed by atoms with van der Waals surface area (Å²) in [5.41, 5.74) is 44.8. The molecule has 29 N–H and O–H groups in total. The van der Waals surface area contributed by atoms with Crippen molar-refractivity contribution in [1.29, 1.82) is 0 Å². The molecule has 10 aromatic rings. The van der Waals surface area contributed by atoms with Crippen LogP contribution in [0.2, 0.25) is 0 Å². The van der Waals surface area contributed by atoms with E-state index in [4.69, 9.17) is 60.7 Å². The van der Waals surface area contributed by atoms with Gasteiger partial charge in [0.25, 0.3) is 0 Å². The number of primary sulfonamides is 4. The molecule has 6 aromatic carbocycles. The third-order valence-electron chi connectivity index (χ3n) is 19.9. The maximum atomic E-state index is 13.3. The number of aliphatic imine (C=N–C) groups is 4. The van der Waals surface area contributed by atoms with Crippen LogP contribution in [0.4, 0.5) is 23.5 Å². The summed E-state index contributed by atoms with van der Waals surface area (Å²) in [6.45, 7) is 6.45. The van der Waals surface area contributed by atoms with E-state index in [1.807, 2.05) is 0 Å². The van der Waals surface area contributed by atoms with Gasteiger partial charge in [0, 0.05) is 79.0 Å². The van der Waals surface area contributed by atoms with Crippen LogP contribution in [-0.4, -0.2) is 205 Å². The number of azo groups is 4. The molecule has 0 aliphatic carbocycles. The number of pyridine rings is 2. The van der Waals surface area contributed by atoms with Gasteiger partial charge in [-0.25, -0.2) is 147 Å². The fourth-order valence-corrected chi connectivity index (χ4v) is 24.9. The van der Waals surface area contributed by atoms with Gasteiger partial charge in [0.1, 0.15) is 50.8 Å². The fraction of sp³-hybridized carbons (Fsp3) is 0.278. The number of aromatic nitrogens is 6. The van der Waals surface area contributed by atoms with E-state index in [-0.39, 0.29) is 134 Å². The third-order valence-corrected chi connectivity index (χ3v) is 30.4. The number of amidine groups is 4. The normalized spacial score (nSPS) is 16.0. The largest absolute Gasteiger partial charge is 0.384 e. The van der Waals surface area contributed by atoms with Gasteiger partial charge in [-0.3, -0.25) is 0 Å². The molecule has 5 aliphatic heterocycles. The van der Waals surface area contributed by atoms with Gasteiger partial charge in [0.2, 0.25) is 80.2 Å². The van der Waals surface area contributed by atoms with Gasteiger partial charge in [-0.2, -0.15) is 20.5 Å². The van der Waals surface area contributed by atoms with Crippen LogP contribution in [0.15, 0.2) is 222 Å². The van der Waals surface area contributed by atoms with Crippen molar-refractivity contribution in [3.63, 3.8) is 0 Å². The minimum Gasteiger partial charge on any atom is -0.384 e. The number of nitrogen functional groups attached to an aromatic ring is 4. The Hall–Kier alpha value is -12.0. The van der Waals surface area contributed by atoms with Crippen molar-refractivity contribution in [3.05, 3.63) is 144 Å². The number of fused-ring (bicyclic) bond motifs is 2. The predicted molar refractivity (Wildman–Crippen MR) is 483 cm³/mol. The fourth-order valence-electron chi connectivity index (χ4n) is 13.6. The monoisotopic (exact) mass is 1940 g/mol. The highest BCUT2D eigenvalue weighted by atomic mass is 32.2. The van der Waals surface area contributed by atoms with Crippen LogP contribution in [0, 0.1) is 5.92 Å². The Labute approximate surface area is 744 Å². The van der Waals surface area contributed by atoms with Crippen molar-refractivity contribution >= 4 is 149 Å². The molecule has 0 radical (unpaired) electrons. The molecule has 0 amide bonds. The molecule has 2 unspecified atom stereocenters. The predicted octanol–water partition coefficient (Wildman–Crippen LogP) is 1.10. The minimum absolute atomic E-state index is 0.0164. The van der Waals surface area contributed by atoms with E-state index >= 15 is 0 Å². The quantitative estimate of drug-likeness (QED) is 0.0300. The molecule has 0 bridgehead atoms. The molecule has 4 atom stereocenters. The Morgan fingerprint density at radius 1 is 0.431 bits per heavy atom. The average Bonchev–Trinajstić information content (AvgIpc) is 1.27. The number of imidazole rings is 2. The number of nitrogens with zero attached hydrogens (tertiary/aromatic N) is 16. The summed E-state index contributed by atoms with van der Waals surface area (Å²) in [7, 11) is -35.4. The lowest BCUT2D eigenvalue weighted by atomic mass is 9.97. The van der Waals surface area contributed by atoms with Gasteiger partial charge in [-0.1, -0.05) is 69.3 Å². The zero-order valence-electron chi connectivity index (χ0n) is 68.9. The number of sulfonamides is 8. The first-order valence-corrected chi connectivity index (χ1v) is 50.7. The molecule has 0 saturated carbocycles. The molecule has 690 valence electrons. The summed E-state index contributed by atoms with van der Waals surface area (Å²) in [4.78, 5) is 34.3. The lowest BCUT2D eigenvalue weighted by molar-refractivity contribution is 0.539. The summed E-state index contributed by atoms with van der Waals surface area (Å²) in [5.74, 6) is 0.451. The molecule has 5 aliphatic rings. The van der Waals surface area contributed by atoms with Crippen molar-refractivity contribution in [2.75, 3.05) is 88.9 Å². The molecular formula is C72H88N34O16S8. The van der Waals surface area contributed by atoms with Crippen LogP contribution in [0.25, 0.3) is 66.6 Å². The van der Waals surface area contributed by atoms with Crippen LogP contribution in [0.5, 0.6) is 0 Å². The average molecular weight is 1940 g/mol.